The van der Waals surface area contributed by atoms with Gasteiger partial charge in [0.05, 0.1) is 11.9 Å². The highest BCUT2D eigenvalue weighted by molar-refractivity contribution is 7.92. The molecular formula is C15H20FNO4S. The number of hydrogen-bond acceptors (Lipinski definition) is 4. The quantitative estimate of drug-likeness (QED) is 0.857. The van der Waals surface area contributed by atoms with Gasteiger partial charge >= 0.3 is 0 Å². The third kappa shape index (κ3) is 4.51. The molecule has 2 atom stereocenters. The molecule has 0 spiro atoms. The van der Waals surface area contributed by atoms with E-state index >= 15 is 0 Å². The predicted octanol–water partition coefficient (Wildman–Crippen LogP) is 1.42. The van der Waals surface area contributed by atoms with Crippen LogP contribution in [0.5, 0.6) is 0 Å². The van der Waals surface area contributed by atoms with E-state index in [4.69, 9.17) is 4.74 Å². The smallest absolute Gasteiger partial charge is 0.238 e. The third-order valence-corrected chi connectivity index (χ3v) is 5.86. The van der Waals surface area contributed by atoms with Gasteiger partial charge in [0.25, 0.3) is 0 Å². The number of hydrogen-bond donors (Lipinski definition) is 1. The fourth-order valence-corrected chi connectivity index (χ4v) is 3.76. The molecule has 1 heterocycles. The summed E-state index contributed by atoms with van der Waals surface area (Å²) in [4.78, 5) is 12.0. The van der Waals surface area contributed by atoms with E-state index in [0.717, 1.165) is 6.42 Å². The Kier molecular flexibility index (Phi) is 5.52. The molecule has 1 amide bonds. The zero-order valence-corrected chi connectivity index (χ0v) is 13.2. The van der Waals surface area contributed by atoms with Crippen molar-refractivity contribution in [1.82, 2.24) is 5.32 Å². The second-order valence-corrected chi connectivity index (χ2v) is 7.82. The van der Waals surface area contributed by atoms with Crippen LogP contribution in [-0.4, -0.2) is 38.0 Å². The Balaban J connectivity index is 1.88. The van der Waals surface area contributed by atoms with Gasteiger partial charge in [-0.25, -0.2) is 12.8 Å². The number of rotatable bonds is 6. The molecule has 7 heteroatoms. The molecule has 0 unspecified atom stereocenters. The average molecular weight is 329 g/mol. The molecule has 0 bridgehead atoms. The summed E-state index contributed by atoms with van der Waals surface area (Å²) in [5.41, 5.74) is 0.707. The molecule has 122 valence electrons. The van der Waals surface area contributed by atoms with Crippen molar-refractivity contribution in [3.05, 3.63) is 35.6 Å². The van der Waals surface area contributed by atoms with Crippen LogP contribution in [0.4, 0.5) is 4.39 Å². The standard InChI is InChI=1S/C15H20FNO4S/c1-11(22(19,20)10-14-3-2-8-21-14)15(18)17-9-12-4-6-13(16)7-5-12/h4-7,11,14H,2-3,8-10H2,1H3,(H,17,18)/t11-,14-/m0/s1. The Morgan fingerprint density at radius 2 is 2.09 bits per heavy atom. The van der Waals surface area contributed by atoms with Gasteiger partial charge in [-0.1, -0.05) is 12.1 Å². The van der Waals surface area contributed by atoms with Crippen LogP contribution in [0.3, 0.4) is 0 Å². The summed E-state index contributed by atoms with van der Waals surface area (Å²) in [5, 5.41) is 1.44. The first kappa shape index (κ1) is 16.9. The highest BCUT2D eigenvalue weighted by atomic mass is 32.2. The molecule has 1 fully saturated rings. The van der Waals surface area contributed by atoms with Crippen LogP contribution in [0, 0.1) is 5.82 Å². The molecule has 1 aliphatic heterocycles. The Morgan fingerprint density at radius 3 is 2.68 bits per heavy atom. The van der Waals surface area contributed by atoms with Crippen molar-refractivity contribution >= 4 is 15.7 Å². The predicted molar refractivity (Wildman–Crippen MR) is 80.5 cm³/mol. The number of amides is 1. The number of sulfone groups is 1. The lowest BCUT2D eigenvalue weighted by molar-refractivity contribution is -0.120. The lowest BCUT2D eigenvalue weighted by Gasteiger charge is -2.16. The SMILES string of the molecule is C[C@@H](C(=O)NCc1ccc(F)cc1)S(=O)(=O)C[C@@H]1CCCO1. The molecule has 2 rings (SSSR count). The second kappa shape index (κ2) is 7.19. The van der Waals surface area contributed by atoms with E-state index in [1.54, 1.807) is 12.1 Å². The summed E-state index contributed by atoms with van der Waals surface area (Å²) in [6.07, 6.45) is 1.26. The lowest BCUT2D eigenvalue weighted by atomic mass is 10.2. The van der Waals surface area contributed by atoms with Gasteiger partial charge in [-0.05, 0) is 37.5 Å². The summed E-state index contributed by atoms with van der Waals surface area (Å²) in [7, 11) is -3.55. The molecule has 0 radical (unpaired) electrons. The highest BCUT2D eigenvalue weighted by Crippen LogP contribution is 2.16. The van der Waals surface area contributed by atoms with Crippen LogP contribution in [0.25, 0.3) is 0 Å². The third-order valence-electron chi connectivity index (χ3n) is 3.73. The monoisotopic (exact) mass is 329 g/mol. The molecule has 1 aromatic carbocycles. The summed E-state index contributed by atoms with van der Waals surface area (Å²) in [6, 6.07) is 5.67. The largest absolute Gasteiger partial charge is 0.377 e. The van der Waals surface area contributed by atoms with Crippen molar-refractivity contribution in [3.8, 4) is 0 Å². The molecule has 1 saturated heterocycles. The maximum atomic E-state index is 12.8. The topological polar surface area (TPSA) is 72.5 Å². The molecule has 22 heavy (non-hydrogen) atoms. The van der Waals surface area contributed by atoms with Gasteiger partial charge in [0.1, 0.15) is 11.1 Å². The molecule has 5 nitrogen and oxygen atoms in total. The van der Waals surface area contributed by atoms with Gasteiger partial charge in [0.15, 0.2) is 9.84 Å². The van der Waals surface area contributed by atoms with Crippen molar-refractivity contribution < 1.29 is 22.3 Å². The van der Waals surface area contributed by atoms with Crippen LogP contribution in [0.15, 0.2) is 24.3 Å². The van der Waals surface area contributed by atoms with Crippen LogP contribution in [0.1, 0.15) is 25.3 Å². The molecule has 1 N–H and O–H groups in total. The molecule has 0 aromatic heterocycles. The minimum absolute atomic E-state index is 0.127. The van der Waals surface area contributed by atoms with Gasteiger partial charge in [-0.15, -0.1) is 0 Å². The lowest BCUT2D eigenvalue weighted by Crippen LogP contribution is -2.40. The number of benzene rings is 1. The summed E-state index contributed by atoms with van der Waals surface area (Å²) < 4.78 is 42.5. The van der Waals surface area contributed by atoms with Crippen molar-refractivity contribution in [2.75, 3.05) is 12.4 Å². The zero-order valence-electron chi connectivity index (χ0n) is 12.4. The van der Waals surface area contributed by atoms with Gasteiger partial charge in [-0.2, -0.15) is 0 Å². The first-order chi connectivity index (χ1) is 10.4. The Hall–Kier alpha value is -1.47. The van der Waals surface area contributed by atoms with E-state index in [9.17, 15) is 17.6 Å². The normalized spacial score (nSPS) is 19.8. The second-order valence-electron chi connectivity index (χ2n) is 5.45. The summed E-state index contributed by atoms with van der Waals surface area (Å²) in [5.74, 6) is -1.04. The number of ether oxygens (including phenoxy) is 1. The van der Waals surface area contributed by atoms with Crippen molar-refractivity contribution in [2.45, 2.75) is 37.7 Å². The summed E-state index contributed by atoms with van der Waals surface area (Å²) >= 11 is 0. The number of halogens is 1. The molecule has 1 aromatic rings. The number of carbonyl (C=O) groups excluding carboxylic acids is 1. The van der Waals surface area contributed by atoms with Crippen molar-refractivity contribution in [1.29, 1.82) is 0 Å². The maximum absolute atomic E-state index is 12.8. The van der Waals surface area contributed by atoms with Crippen molar-refractivity contribution in [3.63, 3.8) is 0 Å². The molecule has 0 aliphatic carbocycles. The van der Waals surface area contributed by atoms with E-state index in [0.29, 0.717) is 18.6 Å². The van der Waals surface area contributed by atoms with Gasteiger partial charge in [0, 0.05) is 13.2 Å². The number of carbonyl (C=O) groups is 1. The first-order valence-electron chi connectivity index (χ1n) is 7.24. The maximum Gasteiger partial charge on any atom is 0.238 e. The van der Waals surface area contributed by atoms with Crippen LogP contribution in [0.2, 0.25) is 0 Å². The Bertz CT molecular complexity index is 609. The first-order valence-corrected chi connectivity index (χ1v) is 8.95. The molecule has 0 saturated carbocycles. The van der Waals surface area contributed by atoms with Crippen molar-refractivity contribution in [2.24, 2.45) is 0 Å². The van der Waals surface area contributed by atoms with E-state index in [1.165, 1.54) is 19.1 Å². The van der Waals surface area contributed by atoms with Gasteiger partial charge in [-0.3, -0.25) is 4.79 Å². The molecular weight excluding hydrogens is 309 g/mol. The van der Waals surface area contributed by atoms with E-state index in [1.807, 2.05) is 0 Å². The van der Waals surface area contributed by atoms with Gasteiger partial charge in [0.2, 0.25) is 5.91 Å². The van der Waals surface area contributed by atoms with Crippen LogP contribution < -0.4 is 5.32 Å². The zero-order chi connectivity index (χ0) is 16.2. The highest BCUT2D eigenvalue weighted by Gasteiger charge is 2.32. The fraction of sp³-hybridized carbons (Fsp3) is 0.533. The minimum atomic E-state index is -3.55. The minimum Gasteiger partial charge on any atom is -0.377 e. The van der Waals surface area contributed by atoms with E-state index in [2.05, 4.69) is 5.32 Å². The fourth-order valence-electron chi connectivity index (χ4n) is 2.28. The van der Waals surface area contributed by atoms with E-state index in [-0.39, 0.29) is 24.2 Å². The van der Waals surface area contributed by atoms with Crippen LogP contribution in [-0.2, 0) is 25.9 Å². The Labute approximate surface area is 129 Å². The molecule has 1 aliphatic rings. The van der Waals surface area contributed by atoms with Gasteiger partial charge < -0.3 is 10.1 Å². The Morgan fingerprint density at radius 1 is 1.41 bits per heavy atom. The van der Waals surface area contributed by atoms with Crippen LogP contribution >= 0.6 is 0 Å². The van der Waals surface area contributed by atoms with E-state index < -0.39 is 21.0 Å². The number of nitrogens with one attached hydrogen (secondary N) is 1. The average Bonchev–Trinajstić information content (AvgIpc) is 2.97. The summed E-state index contributed by atoms with van der Waals surface area (Å²) in [6.45, 7) is 2.12.